The van der Waals surface area contributed by atoms with Crippen molar-refractivity contribution in [1.82, 2.24) is 9.97 Å². The molecule has 0 spiro atoms. The van der Waals surface area contributed by atoms with Crippen LogP contribution < -0.4 is 0 Å². The van der Waals surface area contributed by atoms with E-state index in [1.54, 1.807) is 30.1 Å². The maximum absolute atomic E-state index is 12.8. The molecule has 0 bridgehead atoms. The number of hydrogen-bond acceptors (Lipinski definition) is 3. The fourth-order valence-electron chi connectivity index (χ4n) is 1.55. The van der Waals surface area contributed by atoms with Gasteiger partial charge < -0.3 is 0 Å². The lowest BCUT2D eigenvalue weighted by Gasteiger charge is -2.03. The zero-order chi connectivity index (χ0) is 12.8. The van der Waals surface area contributed by atoms with Gasteiger partial charge in [-0.3, -0.25) is 0 Å². The largest absolute Gasteiger partial charge is 0.231 e. The summed E-state index contributed by atoms with van der Waals surface area (Å²) in [6, 6.07) is 8.43. The molecule has 1 aromatic heterocycles. The monoisotopic (exact) mass is 262 g/mol. The highest BCUT2D eigenvalue weighted by molar-refractivity contribution is 7.99. The first-order chi connectivity index (χ1) is 8.78. The number of thioether (sulfide) groups is 1. The number of aromatic nitrogens is 2. The van der Waals surface area contributed by atoms with Crippen LogP contribution in [0.3, 0.4) is 0 Å². The number of halogens is 1. The van der Waals surface area contributed by atoms with Gasteiger partial charge in [-0.2, -0.15) is 0 Å². The van der Waals surface area contributed by atoms with Crippen LogP contribution in [0.5, 0.6) is 0 Å². The SMILES string of the molecule is CCCSc1nccc(Cc2ccc(F)cc2)n1. The maximum Gasteiger partial charge on any atom is 0.187 e. The van der Waals surface area contributed by atoms with Gasteiger partial charge in [0.05, 0.1) is 0 Å². The van der Waals surface area contributed by atoms with E-state index in [0.717, 1.165) is 28.6 Å². The van der Waals surface area contributed by atoms with Gasteiger partial charge in [-0.15, -0.1) is 0 Å². The van der Waals surface area contributed by atoms with E-state index in [4.69, 9.17) is 0 Å². The fourth-order valence-corrected chi connectivity index (χ4v) is 2.25. The molecule has 1 aromatic carbocycles. The molecular formula is C14H15FN2S. The molecule has 0 amide bonds. The molecule has 0 atom stereocenters. The van der Waals surface area contributed by atoms with Crippen molar-refractivity contribution in [3.05, 3.63) is 53.6 Å². The molecular weight excluding hydrogens is 247 g/mol. The average Bonchev–Trinajstić information content (AvgIpc) is 2.40. The lowest BCUT2D eigenvalue weighted by Crippen LogP contribution is -1.96. The third-order valence-corrected chi connectivity index (χ3v) is 3.49. The van der Waals surface area contributed by atoms with Crippen LogP contribution in [0.15, 0.2) is 41.7 Å². The first-order valence-corrected chi connectivity index (χ1v) is 6.95. The van der Waals surface area contributed by atoms with Crippen LogP contribution in [0.2, 0.25) is 0 Å². The van der Waals surface area contributed by atoms with Crippen LogP contribution in [0.4, 0.5) is 4.39 Å². The van der Waals surface area contributed by atoms with E-state index in [0.29, 0.717) is 6.42 Å². The molecule has 0 fully saturated rings. The van der Waals surface area contributed by atoms with Gasteiger partial charge >= 0.3 is 0 Å². The molecule has 2 aromatic rings. The van der Waals surface area contributed by atoms with Gasteiger partial charge in [-0.1, -0.05) is 30.8 Å². The summed E-state index contributed by atoms with van der Waals surface area (Å²) in [6.45, 7) is 2.13. The molecule has 0 N–H and O–H groups in total. The Kier molecular flexibility index (Phi) is 4.70. The van der Waals surface area contributed by atoms with Gasteiger partial charge in [0.1, 0.15) is 5.82 Å². The van der Waals surface area contributed by atoms with Crippen molar-refractivity contribution in [3.63, 3.8) is 0 Å². The van der Waals surface area contributed by atoms with E-state index in [1.165, 1.54) is 12.1 Å². The molecule has 0 aliphatic carbocycles. The highest BCUT2D eigenvalue weighted by Crippen LogP contribution is 2.15. The van der Waals surface area contributed by atoms with Crippen molar-refractivity contribution in [2.75, 3.05) is 5.75 Å². The third kappa shape index (κ3) is 3.81. The lowest BCUT2D eigenvalue weighted by molar-refractivity contribution is 0.627. The Bertz CT molecular complexity index is 499. The number of nitrogens with zero attached hydrogens (tertiary/aromatic N) is 2. The van der Waals surface area contributed by atoms with Crippen LogP contribution in [-0.4, -0.2) is 15.7 Å². The molecule has 0 saturated carbocycles. The number of hydrogen-bond donors (Lipinski definition) is 0. The summed E-state index contributed by atoms with van der Waals surface area (Å²) in [4.78, 5) is 8.71. The first-order valence-electron chi connectivity index (χ1n) is 5.97. The molecule has 2 rings (SSSR count). The van der Waals surface area contributed by atoms with E-state index in [9.17, 15) is 4.39 Å². The fraction of sp³-hybridized carbons (Fsp3) is 0.286. The Morgan fingerprint density at radius 1 is 1.17 bits per heavy atom. The summed E-state index contributed by atoms with van der Waals surface area (Å²) in [5, 5.41) is 0.816. The van der Waals surface area contributed by atoms with Crippen LogP contribution in [0.25, 0.3) is 0 Å². The van der Waals surface area contributed by atoms with E-state index >= 15 is 0 Å². The normalized spacial score (nSPS) is 10.6. The predicted molar refractivity (Wildman–Crippen MR) is 72.3 cm³/mol. The van der Waals surface area contributed by atoms with E-state index in [2.05, 4.69) is 16.9 Å². The molecule has 94 valence electrons. The van der Waals surface area contributed by atoms with Crippen molar-refractivity contribution >= 4 is 11.8 Å². The summed E-state index contributed by atoms with van der Waals surface area (Å²) >= 11 is 1.67. The minimum Gasteiger partial charge on any atom is -0.231 e. The van der Waals surface area contributed by atoms with Crippen molar-refractivity contribution in [1.29, 1.82) is 0 Å². The molecule has 0 radical (unpaired) electrons. The molecule has 4 heteroatoms. The molecule has 0 saturated heterocycles. The Labute approximate surface area is 111 Å². The quantitative estimate of drug-likeness (QED) is 0.607. The minimum absolute atomic E-state index is 0.208. The van der Waals surface area contributed by atoms with Gasteiger partial charge in [0.2, 0.25) is 0 Å². The second-order valence-electron chi connectivity index (χ2n) is 3.98. The Morgan fingerprint density at radius 3 is 2.67 bits per heavy atom. The first kappa shape index (κ1) is 13.0. The maximum atomic E-state index is 12.8. The van der Waals surface area contributed by atoms with Gasteiger partial charge in [-0.25, -0.2) is 14.4 Å². The Hall–Kier alpha value is -1.42. The molecule has 0 aliphatic rings. The van der Waals surface area contributed by atoms with Crippen LogP contribution in [0.1, 0.15) is 24.6 Å². The van der Waals surface area contributed by atoms with Crippen molar-refractivity contribution in [2.45, 2.75) is 24.9 Å². The number of rotatable bonds is 5. The summed E-state index contributed by atoms with van der Waals surface area (Å²) in [6.07, 6.45) is 3.60. The second-order valence-corrected chi connectivity index (χ2v) is 5.04. The third-order valence-electron chi connectivity index (χ3n) is 2.42. The minimum atomic E-state index is -0.208. The lowest BCUT2D eigenvalue weighted by atomic mass is 10.1. The topological polar surface area (TPSA) is 25.8 Å². The molecule has 0 aliphatic heterocycles. The van der Waals surface area contributed by atoms with E-state index in [-0.39, 0.29) is 5.82 Å². The van der Waals surface area contributed by atoms with Gasteiger partial charge in [0, 0.05) is 24.1 Å². The molecule has 18 heavy (non-hydrogen) atoms. The predicted octanol–water partition coefficient (Wildman–Crippen LogP) is 3.71. The molecule has 1 heterocycles. The zero-order valence-electron chi connectivity index (χ0n) is 10.3. The van der Waals surface area contributed by atoms with Crippen molar-refractivity contribution in [2.24, 2.45) is 0 Å². The van der Waals surface area contributed by atoms with Crippen LogP contribution >= 0.6 is 11.8 Å². The highest BCUT2D eigenvalue weighted by Gasteiger charge is 2.01. The summed E-state index contributed by atoms with van der Waals surface area (Å²) in [7, 11) is 0. The summed E-state index contributed by atoms with van der Waals surface area (Å²) < 4.78 is 12.8. The summed E-state index contributed by atoms with van der Waals surface area (Å²) in [5.41, 5.74) is 2.02. The van der Waals surface area contributed by atoms with Gasteiger partial charge in [-0.05, 0) is 30.2 Å². The van der Waals surface area contributed by atoms with Crippen LogP contribution in [-0.2, 0) is 6.42 Å². The van der Waals surface area contributed by atoms with E-state index in [1.807, 2.05) is 6.07 Å². The molecule has 0 unspecified atom stereocenters. The standard InChI is InChI=1S/C14H15FN2S/c1-2-9-18-14-16-8-7-13(17-14)10-11-3-5-12(15)6-4-11/h3-8H,2,9-10H2,1H3. The van der Waals surface area contributed by atoms with Gasteiger partial charge in [0.15, 0.2) is 5.16 Å². The van der Waals surface area contributed by atoms with Gasteiger partial charge in [0.25, 0.3) is 0 Å². The average molecular weight is 262 g/mol. The molecule has 2 nitrogen and oxygen atoms in total. The number of benzene rings is 1. The Balaban J connectivity index is 2.06. The van der Waals surface area contributed by atoms with Crippen LogP contribution in [0, 0.1) is 5.82 Å². The summed E-state index contributed by atoms with van der Waals surface area (Å²) in [5.74, 6) is 0.820. The van der Waals surface area contributed by atoms with Crippen molar-refractivity contribution < 1.29 is 4.39 Å². The van der Waals surface area contributed by atoms with E-state index < -0.39 is 0 Å². The Morgan fingerprint density at radius 2 is 1.94 bits per heavy atom. The zero-order valence-corrected chi connectivity index (χ0v) is 11.1. The second kappa shape index (κ2) is 6.50. The van der Waals surface area contributed by atoms with Crippen molar-refractivity contribution in [3.8, 4) is 0 Å². The smallest absolute Gasteiger partial charge is 0.187 e. The highest BCUT2D eigenvalue weighted by atomic mass is 32.2.